The van der Waals surface area contributed by atoms with E-state index in [4.69, 9.17) is 10.5 Å². The second-order valence-electron chi connectivity index (χ2n) is 6.23. The van der Waals surface area contributed by atoms with Crippen molar-refractivity contribution >= 4 is 12.1 Å². The molecule has 1 fully saturated rings. The first-order valence-corrected chi connectivity index (χ1v) is 8.85. The SMILES string of the molecule is CCOC(=O)N1CCC(NC(N)=NCCC2=CCCCC2)CC1. The summed E-state index contributed by atoms with van der Waals surface area (Å²) in [6.45, 7) is 4.42. The zero-order valence-electron chi connectivity index (χ0n) is 14.2. The quantitative estimate of drug-likeness (QED) is 0.463. The van der Waals surface area contributed by atoms with E-state index in [9.17, 15) is 4.79 Å². The average Bonchev–Trinajstić information content (AvgIpc) is 2.57. The molecule has 6 nitrogen and oxygen atoms in total. The number of piperidine rings is 1. The summed E-state index contributed by atoms with van der Waals surface area (Å²) in [5.41, 5.74) is 7.50. The van der Waals surface area contributed by atoms with Crippen molar-refractivity contribution in [1.29, 1.82) is 0 Å². The Hall–Kier alpha value is -1.72. The van der Waals surface area contributed by atoms with Crippen molar-refractivity contribution in [1.82, 2.24) is 10.2 Å². The molecule has 1 heterocycles. The third-order valence-corrected chi connectivity index (χ3v) is 4.47. The zero-order chi connectivity index (χ0) is 16.5. The third-order valence-electron chi connectivity index (χ3n) is 4.47. The van der Waals surface area contributed by atoms with Crippen LogP contribution in [0.2, 0.25) is 0 Å². The molecule has 23 heavy (non-hydrogen) atoms. The number of hydrogen-bond acceptors (Lipinski definition) is 3. The van der Waals surface area contributed by atoms with E-state index in [1.54, 1.807) is 4.90 Å². The van der Waals surface area contributed by atoms with Gasteiger partial charge in [0.25, 0.3) is 0 Å². The molecule has 0 aromatic rings. The van der Waals surface area contributed by atoms with E-state index in [-0.39, 0.29) is 6.09 Å². The topological polar surface area (TPSA) is 80.0 Å². The molecular weight excluding hydrogens is 292 g/mol. The van der Waals surface area contributed by atoms with Crippen LogP contribution < -0.4 is 11.1 Å². The highest BCUT2D eigenvalue weighted by Gasteiger charge is 2.23. The molecule has 1 saturated heterocycles. The van der Waals surface area contributed by atoms with E-state index in [0.717, 1.165) is 25.8 Å². The van der Waals surface area contributed by atoms with Gasteiger partial charge in [-0.15, -0.1) is 0 Å². The standard InChI is InChI=1S/C17H30N4O2/c1-2-23-17(22)21-12-9-15(10-13-21)20-16(18)19-11-8-14-6-4-3-5-7-14/h6,15H,2-5,7-13H2,1H3,(H3,18,19,20). The van der Waals surface area contributed by atoms with Crippen molar-refractivity contribution in [3.8, 4) is 0 Å². The van der Waals surface area contributed by atoms with E-state index in [0.29, 0.717) is 31.7 Å². The number of nitrogens with one attached hydrogen (secondary N) is 1. The highest BCUT2D eigenvalue weighted by Crippen LogP contribution is 2.19. The number of nitrogens with zero attached hydrogens (tertiary/aromatic N) is 2. The fourth-order valence-corrected chi connectivity index (χ4v) is 3.13. The van der Waals surface area contributed by atoms with Crippen molar-refractivity contribution < 1.29 is 9.53 Å². The number of nitrogens with two attached hydrogens (primary N) is 1. The van der Waals surface area contributed by atoms with Crippen LogP contribution in [0.15, 0.2) is 16.6 Å². The molecule has 0 aromatic heterocycles. The molecule has 3 N–H and O–H groups in total. The van der Waals surface area contributed by atoms with Gasteiger partial charge in [0, 0.05) is 25.7 Å². The van der Waals surface area contributed by atoms with Crippen LogP contribution in [0.4, 0.5) is 4.79 Å². The molecule has 0 spiro atoms. The molecule has 0 bridgehead atoms. The van der Waals surface area contributed by atoms with Gasteiger partial charge < -0.3 is 20.7 Å². The van der Waals surface area contributed by atoms with E-state index in [2.05, 4.69) is 16.4 Å². The van der Waals surface area contributed by atoms with Crippen LogP contribution in [0.3, 0.4) is 0 Å². The number of amides is 1. The van der Waals surface area contributed by atoms with Gasteiger partial charge in [0.15, 0.2) is 5.96 Å². The van der Waals surface area contributed by atoms with Gasteiger partial charge in [-0.1, -0.05) is 11.6 Å². The highest BCUT2D eigenvalue weighted by atomic mass is 16.6. The molecule has 0 unspecified atom stereocenters. The summed E-state index contributed by atoms with van der Waals surface area (Å²) >= 11 is 0. The first kappa shape index (κ1) is 17.6. The van der Waals surface area contributed by atoms with Gasteiger partial charge in [0.05, 0.1) is 6.61 Å². The predicted molar refractivity (Wildman–Crippen MR) is 92.4 cm³/mol. The minimum Gasteiger partial charge on any atom is -0.450 e. The van der Waals surface area contributed by atoms with Crippen LogP contribution in [-0.2, 0) is 4.74 Å². The second-order valence-corrected chi connectivity index (χ2v) is 6.23. The van der Waals surface area contributed by atoms with Gasteiger partial charge in [-0.3, -0.25) is 4.99 Å². The van der Waals surface area contributed by atoms with E-state index >= 15 is 0 Å². The van der Waals surface area contributed by atoms with Gasteiger partial charge in [-0.25, -0.2) is 4.79 Å². The summed E-state index contributed by atoms with van der Waals surface area (Å²) in [6.07, 6.45) is 9.97. The van der Waals surface area contributed by atoms with Crippen LogP contribution in [-0.4, -0.2) is 49.2 Å². The number of allylic oxidation sites excluding steroid dienone is 1. The first-order valence-electron chi connectivity index (χ1n) is 8.85. The monoisotopic (exact) mass is 322 g/mol. The molecule has 6 heteroatoms. The maximum absolute atomic E-state index is 11.6. The number of carbonyl (C=O) groups is 1. The smallest absolute Gasteiger partial charge is 0.409 e. The molecule has 0 aromatic carbocycles. The number of hydrogen-bond donors (Lipinski definition) is 2. The molecule has 130 valence electrons. The van der Waals surface area contributed by atoms with Crippen molar-refractivity contribution in [2.24, 2.45) is 10.7 Å². The van der Waals surface area contributed by atoms with Crippen molar-refractivity contribution in [2.45, 2.75) is 57.9 Å². The summed E-state index contributed by atoms with van der Waals surface area (Å²) < 4.78 is 5.02. The van der Waals surface area contributed by atoms with E-state index in [1.165, 1.54) is 31.3 Å². The fourth-order valence-electron chi connectivity index (χ4n) is 3.13. The van der Waals surface area contributed by atoms with Crippen LogP contribution in [0.1, 0.15) is 51.9 Å². The van der Waals surface area contributed by atoms with Crippen LogP contribution in [0, 0.1) is 0 Å². The second kappa shape index (κ2) is 9.43. The maximum atomic E-state index is 11.6. The van der Waals surface area contributed by atoms with E-state index < -0.39 is 0 Å². The summed E-state index contributed by atoms with van der Waals surface area (Å²) in [7, 11) is 0. The molecule has 1 amide bonds. The van der Waals surface area contributed by atoms with E-state index in [1.807, 2.05) is 6.92 Å². The van der Waals surface area contributed by atoms with Gasteiger partial charge in [0.1, 0.15) is 0 Å². The Balaban J connectivity index is 1.65. The number of rotatable bonds is 5. The Morgan fingerprint density at radius 2 is 2.22 bits per heavy atom. The molecular formula is C17H30N4O2. The highest BCUT2D eigenvalue weighted by molar-refractivity contribution is 5.78. The minimum absolute atomic E-state index is 0.214. The molecule has 0 saturated carbocycles. The Bertz CT molecular complexity index is 440. The molecule has 0 radical (unpaired) electrons. The van der Waals surface area contributed by atoms with Crippen molar-refractivity contribution in [3.05, 3.63) is 11.6 Å². The van der Waals surface area contributed by atoms with Crippen molar-refractivity contribution in [3.63, 3.8) is 0 Å². The summed E-state index contributed by atoms with van der Waals surface area (Å²) in [4.78, 5) is 17.8. The molecule has 1 aliphatic heterocycles. The number of guanidine groups is 1. The molecule has 1 aliphatic carbocycles. The lowest BCUT2D eigenvalue weighted by atomic mass is 9.97. The van der Waals surface area contributed by atoms with Gasteiger partial charge in [0.2, 0.25) is 0 Å². The lowest BCUT2D eigenvalue weighted by molar-refractivity contribution is 0.0963. The summed E-state index contributed by atoms with van der Waals surface area (Å²) in [5, 5.41) is 3.28. The largest absolute Gasteiger partial charge is 0.450 e. The first-order chi connectivity index (χ1) is 11.2. The Morgan fingerprint density at radius 3 is 2.87 bits per heavy atom. The number of aliphatic imine (C=N–C) groups is 1. The molecule has 2 aliphatic rings. The van der Waals surface area contributed by atoms with Gasteiger partial charge in [-0.05, 0) is 51.9 Å². The summed E-state index contributed by atoms with van der Waals surface area (Å²) in [5.74, 6) is 0.524. The lowest BCUT2D eigenvalue weighted by Crippen LogP contribution is -2.48. The number of ether oxygens (including phenoxy) is 1. The Morgan fingerprint density at radius 1 is 1.43 bits per heavy atom. The van der Waals surface area contributed by atoms with Crippen LogP contribution in [0.25, 0.3) is 0 Å². The third kappa shape index (κ3) is 6.12. The van der Waals surface area contributed by atoms with Gasteiger partial charge in [-0.2, -0.15) is 0 Å². The Kier molecular flexibility index (Phi) is 7.23. The summed E-state index contributed by atoms with van der Waals surface area (Å²) in [6, 6.07) is 0.290. The lowest BCUT2D eigenvalue weighted by Gasteiger charge is -2.31. The normalized spacial score (nSPS) is 20.1. The minimum atomic E-state index is -0.214. The Labute approximate surface area is 139 Å². The predicted octanol–water partition coefficient (Wildman–Crippen LogP) is 2.40. The van der Waals surface area contributed by atoms with Gasteiger partial charge >= 0.3 is 6.09 Å². The molecule has 0 atom stereocenters. The number of likely N-dealkylation sites (tertiary alicyclic amines) is 1. The van der Waals surface area contributed by atoms with Crippen molar-refractivity contribution in [2.75, 3.05) is 26.2 Å². The maximum Gasteiger partial charge on any atom is 0.409 e. The zero-order valence-corrected chi connectivity index (χ0v) is 14.2. The molecule has 2 rings (SSSR count). The number of carbonyl (C=O) groups excluding carboxylic acids is 1. The van der Waals surface area contributed by atoms with Crippen LogP contribution >= 0.6 is 0 Å². The average molecular weight is 322 g/mol. The fraction of sp³-hybridized carbons (Fsp3) is 0.765. The van der Waals surface area contributed by atoms with Crippen LogP contribution in [0.5, 0.6) is 0 Å².